The van der Waals surface area contributed by atoms with Crippen LogP contribution >= 0.6 is 0 Å². The van der Waals surface area contributed by atoms with Gasteiger partial charge in [0, 0.05) is 11.8 Å². The van der Waals surface area contributed by atoms with Crippen molar-refractivity contribution in [2.75, 3.05) is 4.83 Å². The van der Waals surface area contributed by atoms with Gasteiger partial charge in [-0.2, -0.15) is 8.42 Å². The second-order valence-electron chi connectivity index (χ2n) is 5.99. The van der Waals surface area contributed by atoms with Crippen LogP contribution in [0, 0.1) is 20.8 Å². The molecule has 1 N–H and O–H groups in total. The van der Waals surface area contributed by atoms with Crippen LogP contribution in [0.2, 0.25) is 0 Å². The summed E-state index contributed by atoms with van der Waals surface area (Å²) < 4.78 is 26.8. The standard InChI is InChI=1S/C19H20N2O2S/c1-14-4-8-17(9-5-14)19-16(3)12-13-21(19)20-24(22,23)18-10-6-15(2)7-11-18/h4-13,20H,1-3H3. The number of nitrogens with one attached hydrogen (secondary N) is 1. The molecule has 1 heterocycles. The van der Waals surface area contributed by atoms with E-state index in [0.717, 1.165) is 27.9 Å². The number of aromatic nitrogens is 1. The van der Waals surface area contributed by atoms with Crippen LogP contribution < -0.4 is 4.83 Å². The van der Waals surface area contributed by atoms with Crippen LogP contribution in [0.5, 0.6) is 0 Å². The highest BCUT2D eigenvalue weighted by atomic mass is 32.2. The minimum absolute atomic E-state index is 0.245. The van der Waals surface area contributed by atoms with Crippen LogP contribution in [0.15, 0.2) is 65.7 Å². The Labute approximate surface area is 142 Å². The minimum atomic E-state index is -3.64. The number of nitrogens with zero attached hydrogens (tertiary/aromatic N) is 1. The lowest BCUT2D eigenvalue weighted by molar-refractivity contribution is 0.595. The maximum Gasteiger partial charge on any atom is 0.275 e. The summed E-state index contributed by atoms with van der Waals surface area (Å²) in [6, 6.07) is 16.7. The Balaban J connectivity index is 1.99. The van der Waals surface area contributed by atoms with Gasteiger partial charge in [0.1, 0.15) is 0 Å². The SMILES string of the molecule is Cc1ccc(-c2c(C)ccn2NS(=O)(=O)c2ccc(C)cc2)cc1. The Morgan fingerprint density at radius 3 is 1.92 bits per heavy atom. The molecule has 5 heteroatoms. The molecule has 0 aliphatic carbocycles. The first-order valence-corrected chi connectivity index (χ1v) is 9.19. The van der Waals surface area contributed by atoms with Crippen LogP contribution in [-0.4, -0.2) is 13.1 Å². The molecule has 0 spiro atoms. The number of hydrogen-bond donors (Lipinski definition) is 1. The molecular formula is C19H20N2O2S. The van der Waals surface area contributed by atoms with E-state index in [1.54, 1.807) is 35.1 Å². The largest absolute Gasteiger partial charge is 0.275 e. The smallest absolute Gasteiger partial charge is 0.253 e. The Morgan fingerprint density at radius 1 is 0.792 bits per heavy atom. The van der Waals surface area contributed by atoms with E-state index >= 15 is 0 Å². The topological polar surface area (TPSA) is 51.1 Å². The van der Waals surface area contributed by atoms with Crippen molar-refractivity contribution in [1.29, 1.82) is 0 Å². The Hall–Kier alpha value is -2.53. The van der Waals surface area contributed by atoms with Gasteiger partial charge in [-0.1, -0.05) is 47.5 Å². The van der Waals surface area contributed by atoms with Crippen LogP contribution in [-0.2, 0) is 10.0 Å². The van der Waals surface area contributed by atoms with Gasteiger partial charge in [-0.15, -0.1) is 0 Å². The average molecular weight is 340 g/mol. The van der Waals surface area contributed by atoms with Crippen molar-refractivity contribution in [2.45, 2.75) is 25.7 Å². The van der Waals surface area contributed by atoms with E-state index in [0.29, 0.717) is 0 Å². The Morgan fingerprint density at radius 2 is 1.33 bits per heavy atom. The van der Waals surface area contributed by atoms with Gasteiger partial charge < -0.3 is 0 Å². The molecule has 4 nitrogen and oxygen atoms in total. The fraction of sp³-hybridized carbons (Fsp3) is 0.158. The Kier molecular flexibility index (Phi) is 4.20. The van der Waals surface area contributed by atoms with Crippen LogP contribution in [0.3, 0.4) is 0 Å². The molecule has 2 aromatic carbocycles. The molecule has 0 radical (unpaired) electrons. The molecule has 0 aliphatic heterocycles. The van der Waals surface area contributed by atoms with Crippen molar-refractivity contribution in [1.82, 2.24) is 4.68 Å². The summed E-state index contributed by atoms with van der Waals surface area (Å²) in [5, 5.41) is 0. The predicted octanol–water partition coefficient (Wildman–Crippen LogP) is 4.01. The van der Waals surface area contributed by atoms with Gasteiger partial charge in [0.2, 0.25) is 0 Å². The second-order valence-corrected chi connectivity index (χ2v) is 7.65. The lowest BCUT2D eigenvalue weighted by atomic mass is 10.1. The van der Waals surface area contributed by atoms with E-state index in [-0.39, 0.29) is 4.90 Å². The number of rotatable bonds is 4. The molecule has 124 valence electrons. The van der Waals surface area contributed by atoms with Gasteiger partial charge >= 0.3 is 0 Å². The molecule has 0 aliphatic rings. The maximum absolute atomic E-state index is 12.6. The second kappa shape index (κ2) is 6.17. The van der Waals surface area contributed by atoms with Crippen LogP contribution in [0.4, 0.5) is 0 Å². The molecule has 0 unspecified atom stereocenters. The molecule has 0 saturated heterocycles. The summed E-state index contributed by atoms with van der Waals surface area (Å²) in [5.74, 6) is 0. The van der Waals surface area contributed by atoms with Crippen LogP contribution in [0.1, 0.15) is 16.7 Å². The van der Waals surface area contributed by atoms with Gasteiger partial charge in [-0.05, 0) is 44.5 Å². The van der Waals surface area contributed by atoms with E-state index in [1.807, 2.05) is 51.1 Å². The zero-order valence-corrected chi connectivity index (χ0v) is 14.8. The molecule has 1 aromatic heterocycles. The van der Waals surface area contributed by atoms with Gasteiger partial charge in [-0.25, -0.2) is 4.83 Å². The van der Waals surface area contributed by atoms with Crippen molar-refractivity contribution >= 4 is 10.0 Å². The van der Waals surface area contributed by atoms with E-state index in [4.69, 9.17) is 0 Å². The van der Waals surface area contributed by atoms with Crippen molar-refractivity contribution in [3.8, 4) is 11.3 Å². The van der Waals surface area contributed by atoms with Crippen molar-refractivity contribution in [3.63, 3.8) is 0 Å². The molecule has 0 saturated carbocycles. The Bertz CT molecular complexity index is 954. The summed E-state index contributed by atoms with van der Waals surface area (Å²) in [6.07, 6.45) is 1.73. The molecule has 0 bridgehead atoms. The molecule has 0 amide bonds. The first kappa shape index (κ1) is 16.3. The lowest BCUT2D eigenvalue weighted by Gasteiger charge is -2.14. The van der Waals surface area contributed by atoms with E-state index < -0.39 is 10.0 Å². The van der Waals surface area contributed by atoms with Gasteiger partial charge in [0.25, 0.3) is 10.0 Å². The lowest BCUT2D eigenvalue weighted by Crippen LogP contribution is -2.23. The monoisotopic (exact) mass is 340 g/mol. The molecule has 3 rings (SSSR count). The molecule has 0 atom stereocenters. The third-order valence-electron chi connectivity index (χ3n) is 3.96. The zero-order chi connectivity index (χ0) is 17.3. The third-order valence-corrected chi connectivity index (χ3v) is 5.29. The highest BCUT2D eigenvalue weighted by Crippen LogP contribution is 2.25. The maximum atomic E-state index is 12.6. The molecule has 24 heavy (non-hydrogen) atoms. The van der Waals surface area contributed by atoms with Crippen molar-refractivity contribution < 1.29 is 8.42 Å². The predicted molar refractivity (Wildman–Crippen MR) is 97.1 cm³/mol. The summed E-state index contributed by atoms with van der Waals surface area (Å²) in [6.45, 7) is 5.91. The fourth-order valence-corrected chi connectivity index (χ4v) is 3.59. The van der Waals surface area contributed by atoms with E-state index in [9.17, 15) is 8.42 Å². The van der Waals surface area contributed by atoms with Crippen molar-refractivity contribution in [3.05, 3.63) is 77.5 Å². The number of aryl methyl sites for hydroxylation is 3. The molecular weight excluding hydrogens is 320 g/mol. The fourth-order valence-electron chi connectivity index (χ4n) is 2.58. The van der Waals surface area contributed by atoms with Gasteiger partial charge in [-0.3, -0.25) is 4.68 Å². The first-order chi connectivity index (χ1) is 11.4. The highest BCUT2D eigenvalue weighted by molar-refractivity contribution is 7.92. The summed E-state index contributed by atoms with van der Waals surface area (Å²) >= 11 is 0. The summed E-state index contributed by atoms with van der Waals surface area (Å²) in [5.41, 5.74) is 4.99. The normalized spacial score (nSPS) is 11.5. The van der Waals surface area contributed by atoms with Crippen LogP contribution in [0.25, 0.3) is 11.3 Å². The number of hydrogen-bond acceptors (Lipinski definition) is 2. The van der Waals surface area contributed by atoms with E-state index in [2.05, 4.69) is 4.83 Å². The molecule has 0 fully saturated rings. The number of sulfonamides is 1. The zero-order valence-electron chi connectivity index (χ0n) is 13.9. The highest BCUT2D eigenvalue weighted by Gasteiger charge is 2.17. The first-order valence-electron chi connectivity index (χ1n) is 7.71. The quantitative estimate of drug-likeness (QED) is 0.780. The minimum Gasteiger partial charge on any atom is -0.253 e. The summed E-state index contributed by atoms with van der Waals surface area (Å²) in [4.78, 5) is 2.89. The molecule has 3 aromatic rings. The number of benzene rings is 2. The summed E-state index contributed by atoms with van der Waals surface area (Å²) in [7, 11) is -3.64. The van der Waals surface area contributed by atoms with Gasteiger partial charge in [0.05, 0.1) is 10.6 Å². The van der Waals surface area contributed by atoms with Crippen molar-refractivity contribution in [2.24, 2.45) is 0 Å². The van der Waals surface area contributed by atoms with E-state index in [1.165, 1.54) is 0 Å². The average Bonchev–Trinajstić information content (AvgIpc) is 2.89. The van der Waals surface area contributed by atoms with Gasteiger partial charge in [0.15, 0.2) is 0 Å². The third kappa shape index (κ3) is 3.21.